The fourth-order valence-electron chi connectivity index (χ4n) is 2.77. The van der Waals surface area contributed by atoms with E-state index in [4.69, 9.17) is 10.7 Å². The summed E-state index contributed by atoms with van der Waals surface area (Å²) < 4.78 is 0. The highest BCUT2D eigenvalue weighted by molar-refractivity contribution is 5.94. The molecule has 3 nitrogen and oxygen atoms in total. The number of nitrogens with zero attached hydrogens (tertiary/aromatic N) is 2. The van der Waals surface area contributed by atoms with Gasteiger partial charge in [0, 0.05) is 12.2 Å². The number of nitrogens with two attached hydrogens (primary N) is 1. The Kier molecular flexibility index (Phi) is 5.90. The van der Waals surface area contributed by atoms with Crippen LogP contribution < -0.4 is 10.6 Å². The summed E-state index contributed by atoms with van der Waals surface area (Å²) in [6.45, 7) is 3.15. The number of hydrogen-bond donors (Lipinski definition) is 1. The van der Waals surface area contributed by atoms with E-state index in [1.165, 1.54) is 38.5 Å². The molecule has 2 rings (SSSR count). The maximum atomic E-state index is 6.30. The number of anilines is 1. The van der Waals surface area contributed by atoms with Crippen molar-refractivity contribution in [1.82, 2.24) is 0 Å². The van der Waals surface area contributed by atoms with E-state index < -0.39 is 0 Å². The average molecular weight is 273 g/mol. The Balaban J connectivity index is 2.10. The van der Waals surface area contributed by atoms with Crippen molar-refractivity contribution in [3.63, 3.8) is 0 Å². The second-order valence-corrected chi connectivity index (χ2v) is 5.62. The van der Waals surface area contributed by atoms with Crippen molar-refractivity contribution in [3.8, 4) is 0 Å². The highest BCUT2D eigenvalue weighted by atomic mass is 15.3. The van der Waals surface area contributed by atoms with Gasteiger partial charge < -0.3 is 10.6 Å². The van der Waals surface area contributed by atoms with Gasteiger partial charge in [0.15, 0.2) is 5.96 Å². The van der Waals surface area contributed by atoms with E-state index in [0.29, 0.717) is 12.0 Å². The largest absolute Gasteiger partial charge is 0.370 e. The Morgan fingerprint density at radius 1 is 1.20 bits per heavy atom. The van der Waals surface area contributed by atoms with Crippen LogP contribution in [0.25, 0.3) is 0 Å². The molecular weight excluding hydrogens is 246 g/mol. The molecule has 1 aliphatic rings. The minimum Gasteiger partial charge on any atom is -0.370 e. The van der Waals surface area contributed by atoms with Gasteiger partial charge in [-0.15, -0.1) is 0 Å². The molecule has 1 saturated carbocycles. The molecule has 110 valence electrons. The summed E-state index contributed by atoms with van der Waals surface area (Å²) in [5.74, 6) is 0.691. The summed E-state index contributed by atoms with van der Waals surface area (Å²) in [7, 11) is 0. The number of hydrogen-bond acceptors (Lipinski definition) is 1. The van der Waals surface area contributed by atoms with Gasteiger partial charge in [-0.2, -0.15) is 0 Å². The highest BCUT2D eigenvalue weighted by Crippen LogP contribution is 2.21. The number of guanidine groups is 1. The Morgan fingerprint density at radius 2 is 1.90 bits per heavy atom. The second kappa shape index (κ2) is 7.93. The smallest absolute Gasteiger partial charge is 0.196 e. The van der Waals surface area contributed by atoms with Crippen molar-refractivity contribution >= 4 is 11.6 Å². The molecule has 2 N–H and O–H groups in total. The van der Waals surface area contributed by atoms with Crippen molar-refractivity contribution in [2.75, 3.05) is 11.4 Å². The minimum atomic E-state index is 0.427. The Labute approximate surface area is 122 Å². The standard InChI is InChI=1S/C17H27N3/c1-2-3-14-20(16-12-8-5-9-13-16)17(18)19-15-10-6-4-7-11-15/h5,8-9,12-13,15H,2-4,6-7,10-11,14H2,1H3,(H2,18,19). The van der Waals surface area contributed by atoms with Gasteiger partial charge >= 0.3 is 0 Å². The van der Waals surface area contributed by atoms with Crippen LogP contribution in [0.1, 0.15) is 51.9 Å². The molecule has 0 aromatic heterocycles. The molecule has 0 atom stereocenters. The first-order valence-corrected chi connectivity index (χ1v) is 7.97. The lowest BCUT2D eigenvalue weighted by Gasteiger charge is -2.26. The van der Waals surface area contributed by atoms with Crippen molar-refractivity contribution in [3.05, 3.63) is 30.3 Å². The summed E-state index contributed by atoms with van der Waals surface area (Å²) in [4.78, 5) is 6.95. The molecule has 1 aromatic rings. The van der Waals surface area contributed by atoms with Gasteiger partial charge in [-0.3, -0.25) is 0 Å². The molecule has 1 aliphatic carbocycles. The molecule has 0 saturated heterocycles. The van der Waals surface area contributed by atoms with Gasteiger partial charge in [-0.05, 0) is 31.4 Å². The van der Waals surface area contributed by atoms with Crippen LogP contribution >= 0.6 is 0 Å². The van der Waals surface area contributed by atoms with E-state index >= 15 is 0 Å². The predicted octanol–water partition coefficient (Wildman–Crippen LogP) is 3.94. The predicted molar refractivity (Wildman–Crippen MR) is 87.2 cm³/mol. The summed E-state index contributed by atoms with van der Waals surface area (Å²) in [5, 5.41) is 0. The van der Waals surface area contributed by atoms with Crippen LogP contribution in [0.15, 0.2) is 35.3 Å². The fourth-order valence-corrected chi connectivity index (χ4v) is 2.77. The zero-order valence-corrected chi connectivity index (χ0v) is 12.6. The van der Waals surface area contributed by atoms with E-state index in [-0.39, 0.29) is 0 Å². The van der Waals surface area contributed by atoms with Gasteiger partial charge in [0.05, 0.1) is 6.04 Å². The van der Waals surface area contributed by atoms with Crippen molar-refractivity contribution in [2.45, 2.75) is 57.9 Å². The van der Waals surface area contributed by atoms with Crippen LogP contribution in [0.5, 0.6) is 0 Å². The summed E-state index contributed by atoms with van der Waals surface area (Å²) in [6.07, 6.45) is 8.62. The monoisotopic (exact) mass is 273 g/mol. The number of para-hydroxylation sites is 1. The summed E-state index contributed by atoms with van der Waals surface area (Å²) in [5.41, 5.74) is 7.45. The molecule has 0 radical (unpaired) electrons. The first kappa shape index (κ1) is 14.9. The van der Waals surface area contributed by atoms with Crippen LogP contribution in [0, 0.1) is 0 Å². The molecule has 0 heterocycles. The first-order valence-electron chi connectivity index (χ1n) is 7.97. The van der Waals surface area contributed by atoms with Crippen molar-refractivity contribution in [1.29, 1.82) is 0 Å². The molecule has 0 amide bonds. The lowest BCUT2D eigenvalue weighted by Crippen LogP contribution is -2.39. The normalized spacial score (nSPS) is 17.1. The molecule has 1 fully saturated rings. The maximum absolute atomic E-state index is 6.30. The molecule has 0 spiro atoms. The lowest BCUT2D eigenvalue weighted by molar-refractivity contribution is 0.442. The SMILES string of the molecule is CCCCN(C(N)=NC1CCCCC1)c1ccccc1. The Hall–Kier alpha value is -1.51. The molecule has 0 aliphatic heterocycles. The topological polar surface area (TPSA) is 41.6 Å². The Bertz CT molecular complexity index is 408. The quantitative estimate of drug-likeness (QED) is 0.652. The van der Waals surface area contributed by atoms with Crippen LogP contribution in [-0.4, -0.2) is 18.5 Å². The minimum absolute atomic E-state index is 0.427. The van der Waals surface area contributed by atoms with Gasteiger partial charge in [0.1, 0.15) is 0 Å². The number of unbranched alkanes of at least 4 members (excludes halogenated alkanes) is 1. The van der Waals surface area contributed by atoms with Gasteiger partial charge in [-0.1, -0.05) is 50.8 Å². The van der Waals surface area contributed by atoms with Crippen LogP contribution in [0.3, 0.4) is 0 Å². The van der Waals surface area contributed by atoms with Crippen molar-refractivity contribution in [2.24, 2.45) is 10.7 Å². The molecular formula is C17H27N3. The summed E-state index contributed by atoms with van der Waals surface area (Å²) in [6, 6.07) is 10.8. The Morgan fingerprint density at radius 3 is 2.55 bits per heavy atom. The zero-order chi connectivity index (χ0) is 14.2. The van der Waals surface area contributed by atoms with Crippen LogP contribution in [0.2, 0.25) is 0 Å². The van der Waals surface area contributed by atoms with E-state index in [1.807, 2.05) is 6.07 Å². The lowest BCUT2D eigenvalue weighted by atomic mass is 9.96. The summed E-state index contributed by atoms with van der Waals surface area (Å²) >= 11 is 0. The molecule has 0 bridgehead atoms. The second-order valence-electron chi connectivity index (χ2n) is 5.62. The van der Waals surface area contributed by atoms with E-state index in [9.17, 15) is 0 Å². The highest BCUT2D eigenvalue weighted by Gasteiger charge is 2.15. The van der Waals surface area contributed by atoms with Gasteiger partial charge in [-0.25, -0.2) is 4.99 Å². The van der Waals surface area contributed by atoms with Crippen LogP contribution in [0.4, 0.5) is 5.69 Å². The maximum Gasteiger partial charge on any atom is 0.196 e. The van der Waals surface area contributed by atoms with Crippen molar-refractivity contribution < 1.29 is 0 Å². The number of benzene rings is 1. The zero-order valence-electron chi connectivity index (χ0n) is 12.6. The van der Waals surface area contributed by atoms with E-state index in [0.717, 1.165) is 18.7 Å². The molecule has 1 aromatic carbocycles. The van der Waals surface area contributed by atoms with Gasteiger partial charge in [0.25, 0.3) is 0 Å². The number of rotatable bonds is 5. The van der Waals surface area contributed by atoms with Gasteiger partial charge in [0.2, 0.25) is 0 Å². The first-order chi connectivity index (χ1) is 9.81. The third kappa shape index (κ3) is 4.26. The molecule has 20 heavy (non-hydrogen) atoms. The van der Waals surface area contributed by atoms with E-state index in [2.05, 4.69) is 36.1 Å². The third-order valence-electron chi connectivity index (χ3n) is 3.97. The third-order valence-corrected chi connectivity index (χ3v) is 3.97. The average Bonchev–Trinajstić information content (AvgIpc) is 2.50. The number of aliphatic imine (C=N–C) groups is 1. The molecule has 3 heteroatoms. The molecule has 0 unspecified atom stereocenters. The fraction of sp³-hybridized carbons (Fsp3) is 0.588. The van der Waals surface area contributed by atoms with Crippen LogP contribution in [-0.2, 0) is 0 Å². The van der Waals surface area contributed by atoms with E-state index in [1.54, 1.807) is 0 Å².